The molecule has 1 aliphatic rings. The number of ether oxygens (including phenoxy) is 1. The Bertz CT molecular complexity index is 702. The second kappa shape index (κ2) is 7.74. The molecule has 1 fully saturated rings. The smallest absolute Gasteiger partial charge is 0.317 e. The minimum absolute atomic E-state index is 0.0599. The molecule has 3 rings (SSSR count). The molecule has 2 aromatic rings. The van der Waals surface area contributed by atoms with Crippen molar-refractivity contribution in [1.29, 1.82) is 0 Å². The van der Waals surface area contributed by atoms with Crippen molar-refractivity contribution in [1.82, 2.24) is 15.4 Å². The molecule has 2 aromatic heterocycles. The highest BCUT2D eigenvalue weighted by Gasteiger charge is 2.27. The molecule has 7 heteroatoms. The van der Waals surface area contributed by atoms with Crippen LogP contribution in [0.5, 0.6) is 0 Å². The fourth-order valence-corrected chi connectivity index (χ4v) is 3.06. The van der Waals surface area contributed by atoms with Gasteiger partial charge in [0.25, 0.3) is 0 Å². The van der Waals surface area contributed by atoms with E-state index in [-0.39, 0.29) is 12.1 Å². The number of aromatic nitrogens is 1. The van der Waals surface area contributed by atoms with Crippen LogP contribution in [-0.4, -0.2) is 42.3 Å². The minimum Gasteiger partial charge on any atom is -0.464 e. The van der Waals surface area contributed by atoms with Crippen LogP contribution < -0.4 is 5.32 Å². The predicted molar refractivity (Wildman–Crippen MR) is 91.4 cm³/mol. The maximum Gasteiger partial charge on any atom is 0.317 e. The molecule has 25 heavy (non-hydrogen) atoms. The third-order valence-corrected chi connectivity index (χ3v) is 4.49. The molecule has 1 saturated heterocycles. The number of rotatable bonds is 5. The predicted octanol–water partition coefficient (Wildman–Crippen LogP) is 2.91. The lowest BCUT2D eigenvalue weighted by atomic mass is 10.1. The number of furan rings is 1. The number of carbonyl (C=O) groups is 1. The highest BCUT2D eigenvalue weighted by Crippen LogP contribution is 2.24. The zero-order valence-electron chi connectivity index (χ0n) is 15.0. The van der Waals surface area contributed by atoms with E-state index in [1.807, 2.05) is 32.9 Å². The lowest BCUT2D eigenvalue weighted by Crippen LogP contribution is -2.47. The van der Waals surface area contributed by atoms with Gasteiger partial charge in [0.2, 0.25) is 0 Å². The summed E-state index contributed by atoms with van der Waals surface area (Å²) in [5.41, 5.74) is 2.06. The first-order valence-electron chi connectivity index (χ1n) is 8.67. The van der Waals surface area contributed by atoms with E-state index >= 15 is 0 Å². The number of nitrogens with one attached hydrogen (secondary N) is 1. The average Bonchev–Trinajstić information content (AvgIpc) is 3.18. The number of amides is 2. The van der Waals surface area contributed by atoms with Gasteiger partial charge in [-0.3, -0.25) is 0 Å². The summed E-state index contributed by atoms with van der Waals surface area (Å²) in [4.78, 5) is 14.2. The Labute approximate surface area is 147 Å². The van der Waals surface area contributed by atoms with Crippen molar-refractivity contribution in [2.45, 2.75) is 39.7 Å². The summed E-state index contributed by atoms with van der Waals surface area (Å²) in [5.74, 6) is 2.47. The molecule has 0 saturated carbocycles. The topological polar surface area (TPSA) is 80.7 Å². The highest BCUT2D eigenvalue weighted by molar-refractivity contribution is 5.74. The van der Waals surface area contributed by atoms with Crippen LogP contribution in [0, 0.1) is 20.8 Å². The van der Waals surface area contributed by atoms with Gasteiger partial charge in [0.15, 0.2) is 0 Å². The second-order valence-electron chi connectivity index (χ2n) is 6.39. The molecular weight excluding hydrogens is 322 g/mol. The molecule has 1 N–H and O–H groups in total. The van der Waals surface area contributed by atoms with Gasteiger partial charge in [-0.2, -0.15) is 0 Å². The van der Waals surface area contributed by atoms with Gasteiger partial charge in [0.05, 0.1) is 18.8 Å². The quantitative estimate of drug-likeness (QED) is 0.841. The standard InChI is InChI=1S/C18H25N3O4/c1-12-6-7-16(24-12)17-11-21(9-10-23-17)18(22)19-8-4-5-15-13(2)20-25-14(15)3/h6-7,17H,4-5,8-11H2,1-3H3,(H,19,22)/t17-/m0/s1. The Balaban J connectivity index is 1.45. The van der Waals surface area contributed by atoms with Gasteiger partial charge < -0.3 is 23.9 Å². The van der Waals surface area contributed by atoms with Crippen molar-refractivity contribution in [3.8, 4) is 0 Å². The molecule has 136 valence electrons. The molecule has 0 bridgehead atoms. The fraction of sp³-hybridized carbons (Fsp3) is 0.556. The lowest BCUT2D eigenvalue weighted by Gasteiger charge is -2.32. The number of aryl methyl sites for hydroxylation is 3. The van der Waals surface area contributed by atoms with Gasteiger partial charge in [0.1, 0.15) is 23.4 Å². The normalized spacial score (nSPS) is 17.7. The molecule has 0 spiro atoms. The van der Waals surface area contributed by atoms with Crippen LogP contribution in [0.3, 0.4) is 0 Å². The summed E-state index contributed by atoms with van der Waals surface area (Å²) >= 11 is 0. The van der Waals surface area contributed by atoms with E-state index < -0.39 is 0 Å². The van der Waals surface area contributed by atoms with Crippen LogP contribution in [0.25, 0.3) is 0 Å². The number of hydrogen-bond donors (Lipinski definition) is 1. The van der Waals surface area contributed by atoms with E-state index in [0.717, 1.165) is 41.4 Å². The minimum atomic E-state index is -0.199. The van der Waals surface area contributed by atoms with E-state index in [1.54, 1.807) is 4.90 Å². The summed E-state index contributed by atoms with van der Waals surface area (Å²) in [5, 5.41) is 6.93. The summed E-state index contributed by atoms with van der Waals surface area (Å²) in [6, 6.07) is 3.76. The van der Waals surface area contributed by atoms with E-state index in [9.17, 15) is 4.79 Å². The summed E-state index contributed by atoms with van der Waals surface area (Å²) in [6.07, 6.45) is 1.49. The molecule has 3 heterocycles. The van der Waals surface area contributed by atoms with Crippen molar-refractivity contribution in [2.75, 3.05) is 26.2 Å². The number of urea groups is 1. The van der Waals surface area contributed by atoms with Crippen LogP contribution >= 0.6 is 0 Å². The Hall–Kier alpha value is -2.28. The van der Waals surface area contributed by atoms with Crippen LogP contribution in [0.15, 0.2) is 21.1 Å². The molecule has 0 radical (unpaired) electrons. The van der Waals surface area contributed by atoms with Gasteiger partial charge in [-0.1, -0.05) is 5.16 Å². The first kappa shape index (κ1) is 17.5. The van der Waals surface area contributed by atoms with E-state index in [1.165, 1.54) is 0 Å². The second-order valence-corrected chi connectivity index (χ2v) is 6.39. The number of hydrogen-bond acceptors (Lipinski definition) is 5. The van der Waals surface area contributed by atoms with Gasteiger partial charge >= 0.3 is 6.03 Å². The summed E-state index contributed by atoms with van der Waals surface area (Å²) in [6.45, 7) is 7.97. The zero-order valence-corrected chi connectivity index (χ0v) is 15.0. The Morgan fingerprint density at radius 1 is 1.36 bits per heavy atom. The molecule has 0 unspecified atom stereocenters. The Kier molecular flexibility index (Phi) is 5.43. The van der Waals surface area contributed by atoms with Gasteiger partial charge in [-0.05, 0) is 45.7 Å². The molecule has 2 amide bonds. The van der Waals surface area contributed by atoms with Crippen LogP contribution in [0.1, 0.15) is 41.1 Å². The Morgan fingerprint density at radius 2 is 2.20 bits per heavy atom. The first-order chi connectivity index (χ1) is 12.0. The van der Waals surface area contributed by atoms with Crippen LogP contribution in [0.4, 0.5) is 4.79 Å². The number of carbonyl (C=O) groups excluding carboxylic acids is 1. The third kappa shape index (κ3) is 4.22. The van der Waals surface area contributed by atoms with Crippen molar-refractivity contribution >= 4 is 6.03 Å². The largest absolute Gasteiger partial charge is 0.464 e. The zero-order chi connectivity index (χ0) is 17.8. The van der Waals surface area contributed by atoms with Crippen LogP contribution in [0.2, 0.25) is 0 Å². The SMILES string of the molecule is Cc1ccc([C@@H]2CN(C(=O)NCCCc3c(C)noc3C)CCO2)o1. The molecule has 0 aliphatic carbocycles. The van der Waals surface area contributed by atoms with Crippen molar-refractivity contribution in [2.24, 2.45) is 0 Å². The van der Waals surface area contributed by atoms with Crippen molar-refractivity contribution in [3.63, 3.8) is 0 Å². The average molecular weight is 347 g/mol. The van der Waals surface area contributed by atoms with Crippen molar-refractivity contribution < 1.29 is 18.5 Å². The molecule has 0 aromatic carbocycles. The Morgan fingerprint density at radius 3 is 2.88 bits per heavy atom. The van der Waals surface area contributed by atoms with E-state index in [4.69, 9.17) is 13.7 Å². The lowest BCUT2D eigenvalue weighted by molar-refractivity contribution is -0.0263. The third-order valence-electron chi connectivity index (χ3n) is 4.49. The molecule has 1 aliphatic heterocycles. The van der Waals surface area contributed by atoms with Gasteiger partial charge in [-0.25, -0.2) is 4.79 Å². The first-order valence-corrected chi connectivity index (χ1v) is 8.67. The molecule has 1 atom stereocenters. The number of nitrogens with zero attached hydrogens (tertiary/aromatic N) is 2. The monoisotopic (exact) mass is 347 g/mol. The maximum absolute atomic E-state index is 12.4. The van der Waals surface area contributed by atoms with Crippen molar-refractivity contribution in [3.05, 3.63) is 40.7 Å². The van der Waals surface area contributed by atoms with E-state index in [0.29, 0.717) is 26.2 Å². The molecular formula is C18H25N3O4. The van der Waals surface area contributed by atoms with Gasteiger partial charge in [0, 0.05) is 18.7 Å². The van der Waals surface area contributed by atoms with Gasteiger partial charge in [-0.15, -0.1) is 0 Å². The summed E-state index contributed by atoms with van der Waals surface area (Å²) < 4.78 is 16.5. The van der Waals surface area contributed by atoms with Crippen LogP contribution in [-0.2, 0) is 11.2 Å². The highest BCUT2D eigenvalue weighted by atomic mass is 16.5. The number of morpholine rings is 1. The maximum atomic E-state index is 12.4. The summed E-state index contributed by atoms with van der Waals surface area (Å²) in [7, 11) is 0. The molecule has 7 nitrogen and oxygen atoms in total. The fourth-order valence-electron chi connectivity index (χ4n) is 3.06. The van der Waals surface area contributed by atoms with E-state index in [2.05, 4.69) is 10.5 Å².